The average molecular weight is 501 g/mol. The van der Waals surface area contributed by atoms with Crippen molar-refractivity contribution in [2.24, 2.45) is 0 Å². The molecule has 4 rings (SSSR count). The van der Waals surface area contributed by atoms with Crippen LogP contribution in [0.25, 0.3) is 10.4 Å². The van der Waals surface area contributed by atoms with E-state index in [-0.39, 0.29) is 13.0 Å². The predicted molar refractivity (Wildman–Crippen MR) is 138 cm³/mol. The number of aliphatic hydroxyl groups excluding tert-OH is 3. The van der Waals surface area contributed by atoms with E-state index in [0.717, 1.165) is 23.3 Å². The molecule has 0 amide bonds. The largest absolute Gasteiger partial charge is 0.496 e. The number of thiophene rings is 1. The summed E-state index contributed by atoms with van der Waals surface area (Å²) in [4.78, 5) is 3.75. The molecule has 0 spiro atoms. The number of benzene rings is 2. The zero-order valence-corrected chi connectivity index (χ0v) is 21.4. The summed E-state index contributed by atoms with van der Waals surface area (Å²) in [6.07, 6.45) is -2.41. The number of aryl methyl sites for hydroxylation is 1. The van der Waals surface area contributed by atoms with Gasteiger partial charge in [-0.3, -0.25) is 0 Å². The second kappa shape index (κ2) is 11.2. The van der Waals surface area contributed by atoms with Crippen molar-refractivity contribution in [3.63, 3.8) is 0 Å². The van der Waals surface area contributed by atoms with Gasteiger partial charge in [0.05, 0.1) is 25.9 Å². The zero-order valence-electron chi connectivity index (χ0n) is 19.7. The second-order valence-electron chi connectivity index (χ2n) is 8.58. The van der Waals surface area contributed by atoms with Crippen LogP contribution in [-0.2, 0) is 11.2 Å². The molecule has 1 saturated heterocycles. The van der Waals surface area contributed by atoms with Crippen molar-refractivity contribution in [1.82, 2.24) is 0 Å². The van der Waals surface area contributed by atoms with E-state index in [2.05, 4.69) is 43.3 Å². The molecule has 2 heterocycles. The van der Waals surface area contributed by atoms with Crippen molar-refractivity contribution in [2.45, 2.75) is 56.0 Å². The molecule has 1 aliphatic heterocycles. The Morgan fingerprint density at radius 1 is 1.12 bits per heavy atom. The lowest BCUT2D eigenvalue weighted by molar-refractivity contribution is -0.180. The molecule has 34 heavy (non-hydrogen) atoms. The van der Waals surface area contributed by atoms with E-state index in [1.54, 1.807) is 18.4 Å². The van der Waals surface area contributed by atoms with E-state index in [0.29, 0.717) is 11.3 Å². The number of hydrogen-bond acceptors (Lipinski definition) is 7. The summed E-state index contributed by atoms with van der Waals surface area (Å²) in [6.45, 7) is 3.99. The first-order chi connectivity index (χ1) is 16.4. The molecular formula is C27H32O5S2. The molecule has 3 N–H and O–H groups in total. The van der Waals surface area contributed by atoms with Gasteiger partial charge in [0.15, 0.2) is 0 Å². The minimum absolute atomic E-state index is 0.200. The van der Waals surface area contributed by atoms with Gasteiger partial charge in [0.1, 0.15) is 18.0 Å². The molecule has 1 fully saturated rings. The summed E-state index contributed by atoms with van der Waals surface area (Å²) < 4.78 is 11.5. The molecule has 5 nitrogen and oxygen atoms in total. The summed E-state index contributed by atoms with van der Waals surface area (Å²) in [5.41, 5.74) is 4.09. The van der Waals surface area contributed by atoms with Crippen LogP contribution in [0.5, 0.6) is 5.75 Å². The van der Waals surface area contributed by atoms with Gasteiger partial charge in [0.25, 0.3) is 0 Å². The minimum atomic E-state index is -1.09. The van der Waals surface area contributed by atoms with Gasteiger partial charge in [-0.2, -0.15) is 0 Å². The van der Waals surface area contributed by atoms with Crippen molar-refractivity contribution in [3.05, 3.63) is 70.1 Å². The minimum Gasteiger partial charge on any atom is -0.496 e. The first kappa shape index (κ1) is 25.2. The predicted octanol–water partition coefficient (Wildman–Crippen LogP) is 4.98. The van der Waals surface area contributed by atoms with Crippen LogP contribution in [0, 0.1) is 6.92 Å². The molecule has 0 bridgehead atoms. The van der Waals surface area contributed by atoms with Crippen LogP contribution in [0.1, 0.15) is 41.0 Å². The van der Waals surface area contributed by atoms with Crippen LogP contribution in [0.15, 0.2) is 53.4 Å². The van der Waals surface area contributed by atoms with Crippen LogP contribution in [0.3, 0.4) is 0 Å². The lowest BCUT2D eigenvalue weighted by Gasteiger charge is -2.37. The first-order valence-electron chi connectivity index (χ1n) is 11.5. The quantitative estimate of drug-likeness (QED) is 0.379. The second-order valence-corrected chi connectivity index (χ2v) is 11.1. The highest BCUT2D eigenvalue weighted by Crippen LogP contribution is 2.39. The van der Waals surface area contributed by atoms with Gasteiger partial charge in [-0.15, -0.1) is 23.1 Å². The van der Waals surface area contributed by atoms with Crippen molar-refractivity contribution in [3.8, 4) is 16.2 Å². The van der Waals surface area contributed by atoms with E-state index >= 15 is 0 Å². The standard InChI is InChI=1S/C27H32O5S2/c1-4-33-20-7-5-17(6-8-20)25-10-9-21(34-25)12-18-13-22(24(31-3)11-16(18)2)27-26(30)23(29)14-19(15-28)32-27/h5-11,13,19,23,26-30H,4,12,14-15H2,1-3H3/t19?,23?,26-,27+/m1/s1. The highest BCUT2D eigenvalue weighted by atomic mass is 32.2. The van der Waals surface area contributed by atoms with Gasteiger partial charge in [-0.05, 0) is 65.8 Å². The third-order valence-electron chi connectivity index (χ3n) is 6.22. The van der Waals surface area contributed by atoms with Crippen molar-refractivity contribution in [2.75, 3.05) is 19.5 Å². The van der Waals surface area contributed by atoms with Crippen molar-refractivity contribution in [1.29, 1.82) is 0 Å². The summed E-state index contributed by atoms with van der Waals surface area (Å²) in [5, 5.41) is 30.5. The number of rotatable bonds is 8. The summed E-state index contributed by atoms with van der Waals surface area (Å²) in [7, 11) is 1.59. The molecular weight excluding hydrogens is 468 g/mol. The SMILES string of the molecule is CCSc1ccc(-c2ccc(Cc3cc([C@@H]4OC(CO)CC(O)[C@H]4O)c(OC)cc3C)s2)cc1. The van der Waals surface area contributed by atoms with E-state index in [1.807, 2.05) is 30.8 Å². The Balaban J connectivity index is 1.59. The van der Waals surface area contributed by atoms with Gasteiger partial charge in [-0.25, -0.2) is 0 Å². The Morgan fingerprint density at radius 3 is 2.56 bits per heavy atom. The molecule has 1 aliphatic rings. The highest BCUT2D eigenvalue weighted by molar-refractivity contribution is 7.99. The Morgan fingerprint density at radius 2 is 1.88 bits per heavy atom. The molecule has 7 heteroatoms. The van der Waals surface area contributed by atoms with Crippen LogP contribution in [-0.4, -0.2) is 53.1 Å². The first-order valence-corrected chi connectivity index (χ1v) is 13.4. The Labute approximate surface area is 209 Å². The zero-order chi connectivity index (χ0) is 24.2. The van der Waals surface area contributed by atoms with Crippen LogP contribution in [0.4, 0.5) is 0 Å². The number of aliphatic hydroxyl groups is 3. The van der Waals surface area contributed by atoms with Gasteiger partial charge >= 0.3 is 0 Å². The Hall–Kier alpha value is -1.87. The number of ether oxygens (including phenoxy) is 2. The van der Waals surface area contributed by atoms with E-state index in [4.69, 9.17) is 9.47 Å². The lowest BCUT2D eigenvalue weighted by atomic mass is 9.90. The molecule has 2 aromatic carbocycles. The smallest absolute Gasteiger partial charge is 0.125 e. The monoisotopic (exact) mass is 500 g/mol. The fraction of sp³-hybridized carbons (Fsp3) is 0.407. The molecule has 0 radical (unpaired) electrons. The average Bonchev–Trinajstić information content (AvgIpc) is 3.31. The fourth-order valence-corrected chi connectivity index (χ4v) is 6.06. The molecule has 0 aliphatic carbocycles. The maximum atomic E-state index is 10.6. The van der Waals surface area contributed by atoms with Gasteiger partial charge in [-0.1, -0.05) is 19.1 Å². The number of hydrogen-bond donors (Lipinski definition) is 3. The van der Waals surface area contributed by atoms with E-state index < -0.39 is 24.4 Å². The van der Waals surface area contributed by atoms with E-state index in [1.165, 1.54) is 20.2 Å². The summed E-state index contributed by atoms with van der Waals surface area (Å²) in [5.74, 6) is 1.67. The fourth-order valence-electron chi connectivity index (χ4n) is 4.36. The Bertz CT molecular complexity index is 1090. The normalized spacial score (nSPS) is 22.6. The number of thioether (sulfide) groups is 1. The van der Waals surface area contributed by atoms with E-state index in [9.17, 15) is 15.3 Å². The molecule has 0 saturated carbocycles. The molecule has 182 valence electrons. The topological polar surface area (TPSA) is 79.2 Å². The summed E-state index contributed by atoms with van der Waals surface area (Å²) >= 11 is 3.61. The maximum Gasteiger partial charge on any atom is 0.125 e. The summed E-state index contributed by atoms with van der Waals surface area (Å²) in [6, 6.07) is 17.0. The van der Waals surface area contributed by atoms with Crippen molar-refractivity contribution < 1.29 is 24.8 Å². The van der Waals surface area contributed by atoms with Crippen LogP contribution in [0.2, 0.25) is 0 Å². The van der Waals surface area contributed by atoms with Crippen LogP contribution >= 0.6 is 23.1 Å². The lowest BCUT2D eigenvalue weighted by Crippen LogP contribution is -2.44. The highest BCUT2D eigenvalue weighted by Gasteiger charge is 2.39. The third kappa shape index (κ3) is 5.51. The maximum absolute atomic E-state index is 10.6. The van der Waals surface area contributed by atoms with Gasteiger partial charge in [0, 0.05) is 33.1 Å². The molecule has 3 aromatic rings. The Kier molecular flexibility index (Phi) is 8.34. The molecule has 1 aromatic heterocycles. The van der Waals surface area contributed by atoms with Gasteiger partial charge < -0.3 is 24.8 Å². The molecule has 2 unspecified atom stereocenters. The van der Waals surface area contributed by atoms with Crippen molar-refractivity contribution >= 4 is 23.1 Å². The van der Waals surface area contributed by atoms with Gasteiger partial charge in [0.2, 0.25) is 0 Å². The third-order valence-corrected chi connectivity index (χ3v) is 8.25. The number of methoxy groups -OCH3 is 1. The van der Waals surface area contributed by atoms with Crippen LogP contribution < -0.4 is 4.74 Å². The molecule has 4 atom stereocenters.